The highest BCUT2D eigenvalue weighted by Gasteiger charge is 2.26. The largest absolute Gasteiger partial charge is 0.504 e. The quantitative estimate of drug-likeness (QED) is 0.354. The Balaban J connectivity index is 3.68. The second kappa shape index (κ2) is 3.15. The Morgan fingerprint density at radius 2 is 1.36 bits per heavy atom. The fourth-order valence-corrected chi connectivity index (χ4v) is 1.12. The number of rotatable bonds is 1. The number of carbonyl (C=O) groups is 1. The molecule has 0 unspecified atom stereocenters. The van der Waals surface area contributed by atoms with Gasteiger partial charge in [-0.05, 0) is 0 Å². The number of aromatic carboxylic acids is 1. The molecule has 1 rings (SSSR count). The third kappa shape index (κ3) is 1.25. The van der Waals surface area contributed by atoms with E-state index >= 15 is 0 Å². The molecule has 7 heteroatoms. The average Bonchev–Trinajstić information content (AvgIpc) is 2.11. The van der Waals surface area contributed by atoms with E-state index in [0.717, 1.165) is 0 Å². The predicted octanol–water partition coefficient (Wildman–Crippen LogP) is 0.861. The molecule has 0 saturated heterocycles. The van der Waals surface area contributed by atoms with Crippen LogP contribution in [0.15, 0.2) is 0 Å². The van der Waals surface area contributed by atoms with Gasteiger partial charge in [0.25, 0.3) is 0 Å². The van der Waals surface area contributed by atoms with Gasteiger partial charge >= 0.3 is 5.97 Å². The summed E-state index contributed by atoms with van der Waals surface area (Å²) >= 11 is 5.31. The van der Waals surface area contributed by atoms with E-state index in [2.05, 4.69) is 0 Å². The Hall–Kier alpha value is -1.82. The maximum atomic E-state index is 10.5. The summed E-state index contributed by atoms with van der Waals surface area (Å²) in [6, 6.07) is 0. The van der Waals surface area contributed by atoms with Gasteiger partial charge in [-0.1, -0.05) is 11.6 Å². The molecule has 0 saturated carbocycles. The van der Waals surface area contributed by atoms with Crippen LogP contribution in [0.2, 0.25) is 5.02 Å². The number of phenols is 4. The van der Waals surface area contributed by atoms with Crippen molar-refractivity contribution in [3.8, 4) is 23.0 Å². The van der Waals surface area contributed by atoms with E-state index in [4.69, 9.17) is 37.1 Å². The lowest BCUT2D eigenvalue weighted by Crippen LogP contribution is -1.98. The summed E-state index contributed by atoms with van der Waals surface area (Å²) in [4.78, 5) is 10.5. The van der Waals surface area contributed by atoms with Crippen LogP contribution >= 0.6 is 11.6 Å². The summed E-state index contributed by atoms with van der Waals surface area (Å²) in [5, 5.41) is 43.8. The third-order valence-corrected chi connectivity index (χ3v) is 1.92. The molecule has 0 aromatic heterocycles. The van der Waals surface area contributed by atoms with Crippen LogP contribution in [0.5, 0.6) is 23.0 Å². The van der Waals surface area contributed by atoms with Gasteiger partial charge in [-0.2, -0.15) is 0 Å². The predicted molar refractivity (Wildman–Crippen MR) is 45.1 cm³/mol. The Bertz CT molecular complexity index is 384. The molecule has 5 N–H and O–H groups in total. The highest BCUT2D eigenvalue weighted by atomic mass is 35.5. The van der Waals surface area contributed by atoms with E-state index in [1.54, 1.807) is 0 Å². The third-order valence-electron chi connectivity index (χ3n) is 1.55. The smallest absolute Gasteiger partial charge is 0.341 e. The fourth-order valence-electron chi connectivity index (χ4n) is 0.864. The molecule has 1 aromatic carbocycles. The van der Waals surface area contributed by atoms with E-state index < -0.39 is 39.6 Å². The molecule has 76 valence electrons. The van der Waals surface area contributed by atoms with Crippen molar-refractivity contribution in [2.75, 3.05) is 0 Å². The van der Waals surface area contributed by atoms with Crippen molar-refractivity contribution in [3.05, 3.63) is 10.6 Å². The van der Waals surface area contributed by atoms with Gasteiger partial charge in [-0.25, -0.2) is 4.79 Å². The normalized spacial score (nSPS) is 10.1. The van der Waals surface area contributed by atoms with Gasteiger partial charge < -0.3 is 25.5 Å². The minimum absolute atomic E-state index is 0.745. The molecule has 0 radical (unpaired) electrons. The summed E-state index contributed by atoms with van der Waals surface area (Å²) in [7, 11) is 0. The maximum absolute atomic E-state index is 10.5. The first kappa shape index (κ1) is 10.3. The number of phenolic OH excluding ortho intramolecular Hbond substituents is 3. The van der Waals surface area contributed by atoms with Crippen LogP contribution in [-0.2, 0) is 0 Å². The van der Waals surface area contributed by atoms with Gasteiger partial charge in [0.2, 0.25) is 11.5 Å². The number of benzene rings is 1. The molecule has 0 spiro atoms. The maximum Gasteiger partial charge on any atom is 0.341 e. The lowest BCUT2D eigenvalue weighted by molar-refractivity contribution is 0.0692. The molecule has 0 bridgehead atoms. The molecular weight excluding hydrogens is 216 g/mol. The SMILES string of the molecule is O=C(O)c1c(O)c(O)c(O)c(O)c1Cl. The van der Waals surface area contributed by atoms with Gasteiger partial charge in [0, 0.05) is 0 Å². The van der Waals surface area contributed by atoms with E-state index in [1.807, 2.05) is 0 Å². The number of halogens is 1. The molecule has 0 aliphatic carbocycles. The van der Waals surface area contributed by atoms with Crippen LogP contribution < -0.4 is 0 Å². The van der Waals surface area contributed by atoms with Gasteiger partial charge in [-0.3, -0.25) is 0 Å². The molecule has 0 aliphatic heterocycles. The molecule has 1 aromatic rings. The minimum atomic E-state index is -1.64. The van der Waals surface area contributed by atoms with Gasteiger partial charge in [0.15, 0.2) is 11.5 Å². The van der Waals surface area contributed by atoms with Crippen LogP contribution in [0.1, 0.15) is 10.4 Å². The first-order valence-corrected chi connectivity index (χ1v) is 3.64. The zero-order valence-electron chi connectivity index (χ0n) is 6.52. The Morgan fingerprint density at radius 1 is 0.929 bits per heavy atom. The minimum Gasteiger partial charge on any atom is -0.504 e. The van der Waals surface area contributed by atoms with E-state index in [-0.39, 0.29) is 0 Å². The Kier molecular flexibility index (Phi) is 2.31. The average molecular weight is 221 g/mol. The number of aromatic hydroxyl groups is 4. The standard InChI is InChI=1S/C7H5ClO6/c8-2-1(7(13)14)3(9)5(11)6(12)4(2)10/h9-12H,(H,13,14). The lowest BCUT2D eigenvalue weighted by atomic mass is 10.1. The van der Waals surface area contributed by atoms with Crippen LogP contribution in [0.4, 0.5) is 0 Å². The summed E-state index contributed by atoms with van der Waals surface area (Å²) in [5.41, 5.74) is -0.875. The second-order valence-corrected chi connectivity index (χ2v) is 2.77. The van der Waals surface area contributed by atoms with Crippen LogP contribution in [-0.4, -0.2) is 31.5 Å². The van der Waals surface area contributed by atoms with Crippen molar-refractivity contribution in [1.82, 2.24) is 0 Å². The first-order valence-electron chi connectivity index (χ1n) is 3.26. The number of hydrogen-bond acceptors (Lipinski definition) is 5. The molecule has 0 atom stereocenters. The molecule has 0 aliphatic rings. The summed E-state index contributed by atoms with van der Waals surface area (Å²) in [6.07, 6.45) is 0. The topological polar surface area (TPSA) is 118 Å². The Labute approximate surface area is 82.2 Å². The van der Waals surface area contributed by atoms with E-state index in [9.17, 15) is 4.79 Å². The molecule has 0 heterocycles. The van der Waals surface area contributed by atoms with Crippen molar-refractivity contribution >= 4 is 17.6 Å². The fraction of sp³-hybridized carbons (Fsp3) is 0. The first-order chi connectivity index (χ1) is 6.37. The monoisotopic (exact) mass is 220 g/mol. The number of hydrogen-bond donors (Lipinski definition) is 5. The lowest BCUT2D eigenvalue weighted by Gasteiger charge is -2.08. The Morgan fingerprint density at radius 3 is 1.79 bits per heavy atom. The molecule has 14 heavy (non-hydrogen) atoms. The van der Waals surface area contributed by atoms with Crippen LogP contribution in [0, 0.1) is 0 Å². The van der Waals surface area contributed by atoms with E-state index in [1.165, 1.54) is 0 Å². The van der Waals surface area contributed by atoms with Crippen molar-refractivity contribution < 1.29 is 30.3 Å². The molecule has 6 nitrogen and oxygen atoms in total. The summed E-state index contributed by atoms with van der Waals surface area (Å²) in [6.45, 7) is 0. The van der Waals surface area contributed by atoms with E-state index in [0.29, 0.717) is 0 Å². The van der Waals surface area contributed by atoms with Gasteiger partial charge in [0.05, 0.1) is 0 Å². The highest BCUT2D eigenvalue weighted by molar-refractivity contribution is 6.35. The number of carboxylic acids is 1. The zero-order chi connectivity index (χ0) is 11.0. The van der Waals surface area contributed by atoms with Crippen LogP contribution in [0.25, 0.3) is 0 Å². The molecular formula is C7H5ClO6. The van der Waals surface area contributed by atoms with Crippen molar-refractivity contribution in [1.29, 1.82) is 0 Å². The van der Waals surface area contributed by atoms with Crippen molar-refractivity contribution in [3.63, 3.8) is 0 Å². The molecule has 0 fully saturated rings. The van der Waals surface area contributed by atoms with Gasteiger partial charge in [-0.15, -0.1) is 0 Å². The highest BCUT2D eigenvalue weighted by Crippen LogP contribution is 2.49. The second-order valence-electron chi connectivity index (χ2n) is 2.39. The van der Waals surface area contributed by atoms with Gasteiger partial charge in [0.1, 0.15) is 10.6 Å². The van der Waals surface area contributed by atoms with Crippen molar-refractivity contribution in [2.45, 2.75) is 0 Å². The zero-order valence-corrected chi connectivity index (χ0v) is 7.28. The molecule has 0 amide bonds. The summed E-state index contributed by atoms with van der Waals surface area (Å²) in [5.74, 6) is -5.95. The van der Waals surface area contributed by atoms with Crippen LogP contribution in [0.3, 0.4) is 0 Å². The summed E-state index contributed by atoms with van der Waals surface area (Å²) < 4.78 is 0. The van der Waals surface area contributed by atoms with Crippen molar-refractivity contribution in [2.24, 2.45) is 0 Å². The number of carboxylic acid groups (broad SMARTS) is 1.